The zero-order valence-corrected chi connectivity index (χ0v) is 25.4. The fraction of sp³-hybridized carbons (Fsp3) is 0.212. The maximum absolute atomic E-state index is 15.6. The highest BCUT2D eigenvalue weighted by Crippen LogP contribution is 2.36. The Morgan fingerprint density at radius 3 is 1.32 bits per heavy atom. The molecule has 0 amide bonds. The maximum Gasteiger partial charge on any atom is 0.341 e. The highest BCUT2D eigenvalue weighted by Gasteiger charge is 2.45. The Bertz CT molecular complexity index is 1780. The summed E-state index contributed by atoms with van der Waals surface area (Å²) >= 11 is 0. The van der Waals surface area contributed by atoms with Crippen molar-refractivity contribution in [1.82, 2.24) is 0 Å². The molecule has 4 aromatic carbocycles. The summed E-state index contributed by atoms with van der Waals surface area (Å²) in [7, 11) is 0. The van der Waals surface area contributed by atoms with Crippen molar-refractivity contribution in [3.05, 3.63) is 117 Å². The van der Waals surface area contributed by atoms with E-state index in [1.807, 2.05) is 27.7 Å². The molecular formula is C33H24BF10N3. The second-order valence-electron chi connectivity index (χ2n) is 11.2. The molecule has 4 rings (SSSR count). The molecule has 4 aromatic rings. The Labute approximate surface area is 263 Å². The van der Waals surface area contributed by atoms with Gasteiger partial charge in [0.25, 0.3) is 0 Å². The standard InChI is InChI=1S/C33H24BF10N3/c1-14(2)19-7-6-8-20(15(3)4)33(19)46-16(5)47(18-11-9-17(13-45)10-12-18)34(21-23(35)27(39)31(43)28(40)24(21)36)22-25(37)29(41)32(44)30(42)26(22)38/h6-12,14-15H,1-5H3. The smallest absolute Gasteiger partial charge is 0.341 e. The van der Waals surface area contributed by atoms with Gasteiger partial charge in [0.15, 0.2) is 58.2 Å². The monoisotopic (exact) mass is 663 g/mol. The van der Waals surface area contributed by atoms with E-state index in [-0.39, 0.29) is 28.8 Å². The summed E-state index contributed by atoms with van der Waals surface area (Å²) < 4.78 is 149. The third-order valence-electron chi connectivity index (χ3n) is 7.53. The van der Waals surface area contributed by atoms with Crippen LogP contribution in [0.25, 0.3) is 0 Å². The van der Waals surface area contributed by atoms with Gasteiger partial charge in [-0.25, -0.2) is 48.9 Å². The van der Waals surface area contributed by atoms with Crippen LogP contribution in [0.4, 0.5) is 55.3 Å². The zero-order chi connectivity index (χ0) is 35.1. The van der Waals surface area contributed by atoms with Crippen LogP contribution in [0.15, 0.2) is 47.5 Å². The number of benzene rings is 4. The van der Waals surface area contributed by atoms with Gasteiger partial charge in [0.05, 0.1) is 23.2 Å². The van der Waals surface area contributed by atoms with Gasteiger partial charge in [0.2, 0.25) is 0 Å². The minimum absolute atomic E-state index is 0.0135. The van der Waals surface area contributed by atoms with Crippen LogP contribution in [0.1, 0.15) is 63.1 Å². The lowest BCUT2D eigenvalue weighted by molar-refractivity contribution is 0.382. The number of hydrogen-bond donors (Lipinski definition) is 0. The van der Waals surface area contributed by atoms with E-state index in [2.05, 4.69) is 4.99 Å². The first-order chi connectivity index (χ1) is 22.0. The maximum atomic E-state index is 15.6. The van der Waals surface area contributed by atoms with E-state index < -0.39 is 81.8 Å². The summed E-state index contributed by atoms with van der Waals surface area (Å²) in [4.78, 5) is 5.18. The Balaban J connectivity index is 2.25. The molecule has 3 nitrogen and oxygen atoms in total. The van der Waals surface area contributed by atoms with Crippen molar-refractivity contribution in [1.29, 1.82) is 5.26 Å². The summed E-state index contributed by atoms with van der Waals surface area (Å²) in [5.74, 6) is -26.5. The molecule has 0 aliphatic rings. The predicted molar refractivity (Wildman–Crippen MR) is 159 cm³/mol. The van der Waals surface area contributed by atoms with Crippen LogP contribution in [-0.4, -0.2) is 12.7 Å². The predicted octanol–water partition coefficient (Wildman–Crippen LogP) is 8.56. The van der Waals surface area contributed by atoms with Crippen LogP contribution in [-0.2, 0) is 0 Å². The van der Waals surface area contributed by atoms with Gasteiger partial charge in [-0.15, -0.1) is 0 Å². The molecule has 0 N–H and O–H groups in total. The Morgan fingerprint density at radius 1 is 0.617 bits per heavy atom. The summed E-state index contributed by atoms with van der Waals surface area (Å²) in [6.07, 6.45) is 0. The molecule has 0 spiro atoms. The Kier molecular flexibility index (Phi) is 10.1. The Hall–Kier alpha value is -4.80. The average molecular weight is 663 g/mol. The topological polar surface area (TPSA) is 39.4 Å². The lowest BCUT2D eigenvalue weighted by Gasteiger charge is -2.33. The molecule has 0 saturated carbocycles. The SMILES string of the molecule is CC(=Nc1c(C(C)C)cccc1C(C)C)N(B(c1c(F)c(F)c(F)c(F)c1F)c1c(F)c(F)c(F)c(F)c1F)c1ccc(C#N)cc1. The molecule has 14 heteroatoms. The molecular weight excluding hydrogens is 639 g/mol. The van der Waals surface area contributed by atoms with Crippen LogP contribution < -0.4 is 15.7 Å². The van der Waals surface area contributed by atoms with Crippen molar-refractivity contribution < 1.29 is 43.9 Å². The lowest BCUT2D eigenvalue weighted by atomic mass is 9.47. The van der Waals surface area contributed by atoms with Gasteiger partial charge in [0, 0.05) is 16.6 Å². The van der Waals surface area contributed by atoms with Gasteiger partial charge >= 0.3 is 6.85 Å². The molecule has 0 aliphatic heterocycles. The molecule has 0 bridgehead atoms. The first kappa shape index (κ1) is 35.1. The van der Waals surface area contributed by atoms with Crippen LogP contribution in [0.5, 0.6) is 0 Å². The number of anilines is 1. The van der Waals surface area contributed by atoms with Gasteiger partial charge < -0.3 is 4.81 Å². The first-order valence-corrected chi connectivity index (χ1v) is 14.0. The number of para-hydroxylation sites is 1. The van der Waals surface area contributed by atoms with Crippen molar-refractivity contribution >= 4 is 35.0 Å². The van der Waals surface area contributed by atoms with E-state index in [1.54, 1.807) is 24.3 Å². The molecule has 0 unspecified atom stereocenters. The largest absolute Gasteiger partial charge is 0.365 e. The average Bonchev–Trinajstić information content (AvgIpc) is 3.04. The summed E-state index contributed by atoms with van der Waals surface area (Å²) in [6, 6.07) is 11.4. The number of hydrogen-bond acceptors (Lipinski definition) is 2. The van der Waals surface area contributed by atoms with Crippen LogP contribution in [0, 0.1) is 69.5 Å². The van der Waals surface area contributed by atoms with E-state index in [4.69, 9.17) is 0 Å². The molecule has 244 valence electrons. The highest BCUT2D eigenvalue weighted by molar-refractivity contribution is 6.91. The van der Waals surface area contributed by atoms with E-state index >= 15 is 17.6 Å². The Morgan fingerprint density at radius 2 is 0.979 bits per heavy atom. The molecule has 0 aliphatic carbocycles. The molecule has 47 heavy (non-hydrogen) atoms. The lowest BCUT2D eigenvalue weighted by Crippen LogP contribution is -2.63. The van der Waals surface area contributed by atoms with E-state index in [9.17, 15) is 31.6 Å². The highest BCUT2D eigenvalue weighted by atomic mass is 19.2. The van der Waals surface area contributed by atoms with Crippen LogP contribution in [0.3, 0.4) is 0 Å². The van der Waals surface area contributed by atoms with Crippen molar-refractivity contribution in [2.45, 2.75) is 46.5 Å². The van der Waals surface area contributed by atoms with Gasteiger partial charge in [-0.2, -0.15) is 5.26 Å². The second kappa shape index (κ2) is 13.5. The molecule has 0 aromatic heterocycles. The molecule has 0 heterocycles. The number of halogens is 10. The fourth-order valence-electron chi connectivity index (χ4n) is 5.20. The summed E-state index contributed by atoms with van der Waals surface area (Å²) in [5.41, 5.74) is -2.63. The minimum Gasteiger partial charge on any atom is -0.365 e. The summed E-state index contributed by atoms with van der Waals surface area (Å²) in [6.45, 7) is 5.49. The number of amidine groups is 1. The number of nitriles is 1. The first-order valence-electron chi connectivity index (χ1n) is 14.0. The van der Waals surface area contributed by atoms with E-state index in [0.29, 0.717) is 15.9 Å². The molecule has 0 saturated heterocycles. The minimum atomic E-state index is -2.94. The van der Waals surface area contributed by atoms with Crippen molar-refractivity contribution in [3.63, 3.8) is 0 Å². The van der Waals surface area contributed by atoms with Crippen LogP contribution >= 0.6 is 0 Å². The molecule has 0 atom stereocenters. The van der Waals surface area contributed by atoms with E-state index in [0.717, 1.165) is 31.2 Å². The zero-order valence-electron chi connectivity index (χ0n) is 25.4. The van der Waals surface area contributed by atoms with Crippen molar-refractivity contribution in [2.24, 2.45) is 4.99 Å². The van der Waals surface area contributed by atoms with Gasteiger partial charge in [-0.05, 0) is 54.2 Å². The third-order valence-corrected chi connectivity index (χ3v) is 7.53. The third kappa shape index (κ3) is 6.18. The van der Waals surface area contributed by atoms with Gasteiger partial charge in [0.1, 0.15) is 0 Å². The number of rotatable bonds is 7. The van der Waals surface area contributed by atoms with Gasteiger partial charge in [-0.1, -0.05) is 45.9 Å². The number of nitrogens with zero attached hydrogens (tertiary/aromatic N) is 3. The van der Waals surface area contributed by atoms with Crippen LogP contribution in [0.2, 0.25) is 0 Å². The van der Waals surface area contributed by atoms with Crippen molar-refractivity contribution in [3.8, 4) is 6.07 Å². The van der Waals surface area contributed by atoms with E-state index in [1.165, 1.54) is 0 Å². The van der Waals surface area contributed by atoms with Gasteiger partial charge in [-0.3, -0.25) is 0 Å². The molecule has 0 radical (unpaired) electrons. The summed E-state index contributed by atoms with van der Waals surface area (Å²) in [5, 5.41) is 9.30. The second-order valence-corrected chi connectivity index (χ2v) is 11.2. The number of aliphatic imine (C=N–C) groups is 1. The normalized spacial score (nSPS) is 11.8. The fourth-order valence-corrected chi connectivity index (χ4v) is 5.20. The molecule has 0 fully saturated rings. The quantitative estimate of drug-likeness (QED) is 0.0497. The van der Waals surface area contributed by atoms with Crippen molar-refractivity contribution in [2.75, 3.05) is 4.81 Å².